The van der Waals surface area contributed by atoms with Crippen LogP contribution in [0, 0.1) is 34.4 Å². The van der Waals surface area contributed by atoms with Crippen LogP contribution in [0.1, 0.15) is 88.5 Å². The average molecular weight is 651 g/mol. The molecular weight excluding hydrogens is 612 g/mol. The summed E-state index contributed by atoms with van der Waals surface area (Å²) >= 11 is 13.0. The molecule has 45 heavy (non-hydrogen) atoms. The molecule has 4 aromatic rings. The molecule has 2 fully saturated rings. The van der Waals surface area contributed by atoms with Crippen LogP contribution in [0.25, 0.3) is 32.9 Å². The summed E-state index contributed by atoms with van der Waals surface area (Å²) in [6, 6.07) is 10.8. The van der Waals surface area contributed by atoms with Crippen LogP contribution >= 0.6 is 23.2 Å². The van der Waals surface area contributed by atoms with E-state index in [1.54, 1.807) is 25.1 Å². The van der Waals surface area contributed by atoms with Crippen molar-refractivity contribution >= 4 is 50.9 Å². The number of aromatic nitrogens is 2. The van der Waals surface area contributed by atoms with E-state index < -0.39 is 11.9 Å². The summed E-state index contributed by atoms with van der Waals surface area (Å²) in [5.74, 6) is -0.121. The van der Waals surface area contributed by atoms with Crippen LogP contribution in [0.15, 0.2) is 30.3 Å². The Kier molecular flexibility index (Phi) is 8.36. The van der Waals surface area contributed by atoms with E-state index in [-0.39, 0.29) is 69.2 Å². The number of nitrogens with two attached hydrogens (primary N) is 1. The number of aryl methyl sites for hydroxylation is 1. The van der Waals surface area contributed by atoms with Gasteiger partial charge in [0.05, 0.1) is 39.5 Å². The van der Waals surface area contributed by atoms with E-state index >= 15 is 4.39 Å². The Hall–Kier alpha value is -3.22. The second-order valence-electron chi connectivity index (χ2n) is 13.2. The molecule has 6 rings (SSSR count). The number of carbonyl (C=O) groups is 1. The summed E-state index contributed by atoms with van der Waals surface area (Å²) in [6.07, 6.45) is 2.11. The third-order valence-electron chi connectivity index (χ3n) is 9.96. The molecule has 2 aromatic carbocycles. The van der Waals surface area contributed by atoms with Crippen LogP contribution in [-0.2, 0) is 11.2 Å². The lowest BCUT2D eigenvalue weighted by Gasteiger charge is -2.45. The van der Waals surface area contributed by atoms with Crippen molar-refractivity contribution in [2.24, 2.45) is 23.0 Å². The summed E-state index contributed by atoms with van der Waals surface area (Å²) in [6.45, 7) is 8.22. The van der Waals surface area contributed by atoms with E-state index in [0.717, 1.165) is 30.5 Å². The van der Waals surface area contributed by atoms with Gasteiger partial charge in [0.1, 0.15) is 5.52 Å². The maximum Gasteiger partial charge on any atom is 0.226 e. The third-order valence-corrected chi connectivity index (χ3v) is 10.8. The SMILES string of the molecule is CC(O)c1nc2c(F)c(-c3cccc(Cl)c3Cl)c(CCC#N)cc2c2c1cc([C@@H](C)NC(=O)C1(C)CC1)n2[C@H]1[C@@H](CN)C[C@@H]1C. The van der Waals surface area contributed by atoms with Crippen LogP contribution in [0.2, 0.25) is 10.0 Å². The Morgan fingerprint density at radius 3 is 2.64 bits per heavy atom. The first-order valence-corrected chi connectivity index (χ1v) is 16.4. The number of fused-ring (bicyclic) bond motifs is 3. The Morgan fingerprint density at radius 2 is 2.02 bits per heavy atom. The van der Waals surface area contributed by atoms with E-state index in [9.17, 15) is 15.2 Å². The number of pyridine rings is 1. The van der Waals surface area contributed by atoms with Crippen LogP contribution in [0.4, 0.5) is 4.39 Å². The monoisotopic (exact) mass is 649 g/mol. The lowest BCUT2D eigenvalue weighted by atomic mass is 9.70. The number of nitrogens with zero attached hydrogens (tertiary/aromatic N) is 3. The molecular formula is C35H38Cl2FN5O2. The van der Waals surface area contributed by atoms with E-state index in [1.807, 2.05) is 26.0 Å². The molecule has 0 spiro atoms. The highest BCUT2D eigenvalue weighted by atomic mass is 35.5. The quantitative estimate of drug-likeness (QED) is 0.170. The molecule has 7 nitrogen and oxygen atoms in total. The number of halogens is 3. The number of nitriles is 1. The van der Waals surface area contributed by atoms with Gasteiger partial charge in [-0.3, -0.25) is 4.79 Å². The molecule has 2 aliphatic rings. The van der Waals surface area contributed by atoms with Gasteiger partial charge in [-0.05, 0) is 81.7 Å². The smallest absolute Gasteiger partial charge is 0.226 e. The minimum atomic E-state index is -1.00. The molecule has 1 unspecified atom stereocenters. The first kappa shape index (κ1) is 31.7. The summed E-state index contributed by atoms with van der Waals surface area (Å²) < 4.78 is 19.3. The van der Waals surface area contributed by atoms with Crippen molar-refractivity contribution in [2.45, 2.75) is 78.0 Å². The fourth-order valence-corrected chi connectivity index (χ4v) is 7.51. The Morgan fingerprint density at radius 1 is 1.29 bits per heavy atom. The molecule has 0 bridgehead atoms. The van der Waals surface area contributed by atoms with Crippen molar-refractivity contribution < 1.29 is 14.3 Å². The Labute approximate surface area is 272 Å². The first-order chi connectivity index (χ1) is 21.4. The minimum Gasteiger partial charge on any atom is -0.387 e. The normalized spacial score (nSPS) is 21.7. The van der Waals surface area contributed by atoms with Gasteiger partial charge in [0, 0.05) is 45.5 Å². The van der Waals surface area contributed by atoms with E-state index in [2.05, 4.69) is 22.9 Å². The number of carbonyl (C=O) groups excluding carboxylic acids is 1. The fourth-order valence-electron chi connectivity index (χ4n) is 7.11. The van der Waals surface area contributed by atoms with Crippen molar-refractivity contribution in [1.82, 2.24) is 14.9 Å². The van der Waals surface area contributed by atoms with Gasteiger partial charge in [-0.1, -0.05) is 49.2 Å². The molecule has 4 N–H and O–H groups in total. The third kappa shape index (κ3) is 5.28. The summed E-state index contributed by atoms with van der Waals surface area (Å²) in [7, 11) is 0. The van der Waals surface area contributed by atoms with Crippen molar-refractivity contribution in [3.63, 3.8) is 0 Å². The molecule has 2 aliphatic carbocycles. The van der Waals surface area contributed by atoms with Gasteiger partial charge in [-0.2, -0.15) is 5.26 Å². The molecule has 2 saturated carbocycles. The number of benzene rings is 2. The van der Waals surface area contributed by atoms with Crippen molar-refractivity contribution in [2.75, 3.05) is 6.54 Å². The molecule has 236 valence electrons. The zero-order chi connectivity index (χ0) is 32.4. The number of hydrogen-bond acceptors (Lipinski definition) is 5. The van der Waals surface area contributed by atoms with Gasteiger partial charge in [-0.25, -0.2) is 9.37 Å². The molecule has 0 aliphatic heterocycles. The lowest BCUT2D eigenvalue weighted by molar-refractivity contribution is -0.126. The summed E-state index contributed by atoms with van der Waals surface area (Å²) in [4.78, 5) is 17.9. The topological polar surface area (TPSA) is 117 Å². The Balaban J connectivity index is 1.70. The van der Waals surface area contributed by atoms with Crippen molar-refractivity contribution in [1.29, 1.82) is 5.26 Å². The van der Waals surface area contributed by atoms with Crippen LogP contribution in [0.3, 0.4) is 0 Å². The van der Waals surface area contributed by atoms with Crippen LogP contribution in [0.5, 0.6) is 0 Å². The number of aliphatic hydroxyl groups excluding tert-OH is 1. The number of aliphatic hydroxyl groups is 1. The molecule has 2 heterocycles. The van der Waals surface area contributed by atoms with Gasteiger partial charge in [0.2, 0.25) is 5.91 Å². The van der Waals surface area contributed by atoms with Gasteiger partial charge in [0.25, 0.3) is 0 Å². The van der Waals surface area contributed by atoms with Crippen molar-refractivity contribution in [3.8, 4) is 17.2 Å². The maximum absolute atomic E-state index is 17.0. The predicted octanol–water partition coefficient (Wildman–Crippen LogP) is 7.94. The number of amides is 1. The highest BCUT2D eigenvalue weighted by molar-refractivity contribution is 6.43. The maximum atomic E-state index is 17.0. The van der Waals surface area contributed by atoms with Gasteiger partial charge in [-0.15, -0.1) is 0 Å². The van der Waals surface area contributed by atoms with Crippen LogP contribution < -0.4 is 11.1 Å². The number of rotatable bonds is 9. The molecule has 1 amide bonds. The second-order valence-corrected chi connectivity index (χ2v) is 14.0. The largest absolute Gasteiger partial charge is 0.387 e. The average Bonchev–Trinajstić information content (AvgIpc) is 3.64. The standard InChI is InChI=1S/C35H38Cl2FN5O2/c1-17-13-21(16-40)32(17)43-26(18(2)41-34(45)35(4)10-11-35)15-24-30(19(3)44)42-31-23(33(24)43)14-20(7-6-12-39)27(29(31)38)22-8-5-9-25(36)28(22)37/h5,8-9,14-15,17-19,21,32,44H,6-7,10-11,13,16,40H2,1-4H3,(H,41,45)/t17-,18+,19?,21+,32+/m0/s1. The van der Waals surface area contributed by atoms with Gasteiger partial charge >= 0.3 is 0 Å². The number of nitrogens with one attached hydrogen (secondary N) is 1. The summed E-state index contributed by atoms with van der Waals surface area (Å²) in [5, 5.41) is 25.5. The zero-order valence-corrected chi connectivity index (χ0v) is 27.4. The zero-order valence-electron chi connectivity index (χ0n) is 25.9. The molecule has 5 atom stereocenters. The van der Waals surface area contributed by atoms with Gasteiger partial charge < -0.3 is 20.7 Å². The van der Waals surface area contributed by atoms with Gasteiger partial charge in [0.15, 0.2) is 5.82 Å². The predicted molar refractivity (Wildman–Crippen MR) is 176 cm³/mol. The molecule has 2 aromatic heterocycles. The highest BCUT2D eigenvalue weighted by Crippen LogP contribution is 2.50. The lowest BCUT2D eigenvalue weighted by Crippen LogP contribution is -2.43. The molecule has 0 saturated heterocycles. The van der Waals surface area contributed by atoms with Crippen LogP contribution in [-0.4, -0.2) is 27.1 Å². The van der Waals surface area contributed by atoms with Crippen molar-refractivity contribution in [3.05, 3.63) is 63.1 Å². The second kappa shape index (κ2) is 11.9. The fraction of sp³-hybridized carbons (Fsp3) is 0.457. The number of hydrogen-bond donors (Lipinski definition) is 3. The minimum absolute atomic E-state index is 0.00140. The Bertz CT molecular complexity index is 1880. The summed E-state index contributed by atoms with van der Waals surface area (Å²) in [5.41, 5.74) is 9.19. The van der Waals surface area contributed by atoms with E-state index in [4.69, 9.17) is 33.9 Å². The first-order valence-electron chi connectivity index (χ1n) is 15.6. The molecule has 10 heteroatoms. The van der Waals surface area contributed by atoms with E-state index in [0.29, 0.717) is 34.1 Å². The highest BCUT2D eigenvalue weighted by Gasteiger charge is 2.46. The van der Waals surface area contributed by atoms with E-state index in [1.165, 1.54) is 0 Å². The molecule has 0 radical (unpaired) electrons.